The standard InChI is InChI=1S/C24H26N4O/c29-24(28-18-8-2-5-12-22(28)19-13-16-25-17-14-19)27-23(20-9-3-1-4-10-20)21-11-6-7-15-26-21/h1,3-4,6-7,9-11,13-17,22-23H,2,5,8,12,18H2,(H,27,29). The Morgan fingerprint density at radius 1 is 0.931 bits per heavy atom. The van der Waals surface area contributed by atoms with Crippen LogP contribution in [-0.4, -0.2) is 27.4 Å². The minimum Gasteiger partial charge on any atom is -0.325 e. The van der Waals surface area contributed by atoms with Crippen LogP contribution in [0.3, 0.4) is 0 Å². The number of hydrogen-bond donors (Lipinski definition) is 1. The summed E-state index contributed by atoms with van der Waals surface area (Å²) in [5.41, 5.74) is 3.00. The Balaban J connectivity index is 1.62. The van der Waals surface area contributed by atoms with E-state index in [0.29, 0.717) is 0 Å². The van der Waals surface area contributed by atoms with E-state index in [1.807, 2.05) is 65.6 Å². The zero-order chi connectivity index (χ0) is 19.9. The van der Waals surface area contributed by atoms with Crippen LogP contribution in [0.1, 0.15) is 54.6 Å². The fourth-order valence-electron chi connectivity index (χ4n) is 4.01. The first kappa shape index (κ1) is 19.1. The maximum atomic E-state index is 13.5. The second kappa shape index (κ2) is 9.32. The average molecular weight is 386 g/mol. The topological polar surface area (TPSA) is 58.1 Å². The molecule has 0 aliphatic carbocycles. The van der Waals surface area contributed by atoms with Gasteiger partial charge in [0.1, 0.15) is 0 Å². The first-order valence-electron chi connectivity index (χ1n) is 10.3. The van der Waals surface area contributed by atoms with E-state index in [1.54, 1.807) is 18.6 Å². The molecular formula is C24H26N4O. The number of pyridine rings is 2. The lowest BCUT2D eigenvalue weighted by Crippen LogP contribution is -2.44. The van der Waals surface area contributed by atoms with Gasteiger partial charge < -0.3 is 10.2 Å². The van der Waals surface area contributed by atoms with Crippen molar-refractivity contribution in [2.75, 3.05) is 6.54 Å². The molecule has 1 aliphatic heterocycles. The Morgan fingerprint density at radius 3 is 2.48 bits per heavy atom. The number of urea groups is 1. The Kier molecular flexibility index (Phi) is 6.15. The molecule has 1 aliphatic rings. The predicted molar refractivity (Wildman–Crippen MR) is 113 cm³/mol. The first-order valence-corrected chi connectivity index (χ1v) is 10.3. The molecule has 148 valence electrons. The van der Waals surface area contributed by atoms with Crippen LogP contribution in [0.2, 0.25) is 0 Å². The van der Waals surface area contributed by atoms with Crippen molar-refractivity contribution in [1.29, 1.82) is 0 Å². The lowest BCUT2D eigenvalue weighted by atomic mass is 10.0. The van der Waals surface area contributed by atoms with Gasteiger partial charge in [-0.2, -0.15) is 0 Å². The molecule has 2 unspecified atom stereocenters. The highest BCUT2D eigenvalue weighted by Gasteiger charge is 2.29. The van der Waals surface area contributed by atoms with E-state index in [4.69, 9.17) is 0 Å². The van der Waals surface area contributed by atoms with Gasteiger partial charge in [-0.3, -0.25) is 9.97 Å². The summed E-state index contributed by atoms with van der Waals surface area (Å²) in [7, 11) is 0. The van der Waals surface area contributed by atoms with Crippen LogP contribution >= 0.6 is 0 Å². The van der Waals surface area contributed by atoms with E-state index in [0.717, 1.165) is 49.0 Å². The van der Waals surface area contributed by atoms with Gasteiger partial charge in [0.15, 0.2) is 0 Å². The van der Waals surface area contributed by atoms with Crippen molar-refractivity contribution in [3.8, 4) is 0 Å². The minimum absolute atomic E-state index is 0.0479. The van der Waals surface area contributed by atoms with Crippen LogP contribution in [0.5, 0.6) is 0 Å². The Morgan fingerprint density at radius 2 is 1.72 bits per heavy atom. The van der Waals surface area contributed by atoms with Crippen LogP contribution in [-0.2, 0) is 0 Å². The molecule has 1 fully saturated rings. The van der Waals surface area contributed by atoms with E-state index < -0.39 is 0 Å². The van der Waals surface area contributed by atoms with Crippen LogP contribution in [0, 0.1) is 0 Å². The fraction of sp³-hybridized carbons (Fsp3) is 0.292. The van der Waals surface area contributed by atoms with E-state index in [9.17, 15) is 4.79 Å². The number of likely N-dealkylation sites (tertiary alicyclic amines) is 1. The van der Waals surface area contributed by atoms with Gasteiger partial charge in [0.25, 0.3) is 0 Å². The zero-order valence-electron chi connectivity index (χ0n) is 16.4. The second-order valence-electron chi connectivity index (χ2n) is 7.39. The normalized spacial score (nSPS) is 17.9. The molecule has 1 aromatic carbocycles. The highest BCUT2D eigenvalue weighted by molar-refractivity contribution is 5.76. The monoisotopic (exact) mass is 386 g/mol. The summed E-state index contributed by atoms with van der Waals surface area (Å²) in [6.45, 7) is 0.753. The van der Waals surface area contributed by atoms with Crippen molar-refractivity contribution in [1.82, 2.24) is 20.2 Å². The summed E-state index contributed by atoms with van der Waals surface area (Å²) in [6, 6.07) is 19.6. The molecule has 1 saturated heterocycles. The Bertz CT molecular complexity index is 862. The van der Waals surface area contributed by atoms with Gasteiger partial charge in [0.05, 0.1) is 17.8 Å². The number of nitrogens with one attached hydrogen (secondary N) is 1. The van der Waals surface area contributed by atoms with Gasteiger partial charge >= 0.3 is 6.03 Å². The highest BCUT2D eigenvalue weighted by atomic mass is 16.2. The minimum atomic E-state index is -0.286. The second-order valence-corrected chi connectivity index (χ2v) is 7.39. The zero-order valence-corrected chi connectivity index (χ0v) is 16.4. The molecule has 29 heavy (non-hydrogen) atoms. The van der Waals surface area contributed by atoms with E-state index >= 15 is 0 Å². The van der Waals surface area contributed by atoms with Gasteiger partial charge in [-0.25, -0.2) is 4.79 Å². The number of amides is 2. The molecule has 2 amide bonds. The van der Waals surface area contributed by atoms with Crippen LogP contribution < -0.4 is 5.32 Å². The molecule has 0 saturated carbocycles. The van der Waals surface area contributed by atoms with Gasteiger partial charge in [0, 0.05) is 25.1 Å². The van der Waals surface area contributed by atoms with Crippen LogP contribution in [0.25, 0.3) is 0 Å². The number of benzene rings is 1. The molecule has 5 nitrogen and oxygen atoms in total. The number of carbonyl (C=O) groups excluding carboxylic acids is 1. The van der Waals surface area contributed by atoms with E-state index in [1.165, 1.54) is 0 Å². The van der Waals surface area contributed by atoms with Gasteiger partial charge in [0.2, 0.25) is 0 Å². The number of rotatable bonds is 4. The molecule has 0 bridgehead atoms. The highest BCUT2D eigenvalue weighted by Crippen LogP contribution is 2.30. The number of hydrogen-bond acceptors (Lipinski definition) is 3. The van der Waals surface area contributed by atoms with Crippen LogP contribution in [0.4, 0.5) is 4.79 Å². The van der Waals surface area contributed by atoms with Gasteiger partial charge in [-0.15, -0.1) is 0 Å². The number of carbonyl (C=O) groups is 1. The molecule has 3 heterocycles. The lowest BCUT2D eigenvalue weighted by Gasteiger charge is -2.32. The Hall–Kier alpha value is -3.21. The van der Waals surface area contributed by atoms with Crippen molar-refractivity contribution in [3.63, 3.8) is 0 Å². The molecule has 0 radical (unpaired) electrons. The maximum absolute atomic E-state index is 13.5. The summed E-state index contributed by atoms with van der Waals surface area (Å²) < 4.78 is 0. The third kappa shape index (κ3) is 4.62. The summed E-state index contributed by atoms with van der Waals surface area (Å²) in [4.78, 5) is 24.1. The van der Waals surface area contributed by atoms with E-state index in [-0.39, 0.29) is 18.1 Å². The first-order chi connectivity index (χ1) is 14.3. The number of aromatic nitrogens is 2. The smallest absolute Gasteiger partial charge is 0.318 e. The van der Waals surface area contributed by atoms with E-state index in [2.05, 4.69) is 15.3 Å². The summed E-state index contributed by atoms with van der Waals surface area (Å²) >= 11 is 0. The fourth-order valence-corrected chi connectivity index (χ4v) is 4.01. The summed E-state index contributed by atoms with van der Waals surface area (Å²) in [5.74, 6) is 0. The summed E-state index contributed by atoms with van der Waals surface area (Å²) in [5, 5.41) is 3.26. The molecule has 3 aromatic rings. The molecule has 2 aromatic heterocycles. The SMILES string of the molecule is O=C(NC(c1ccccc1)c1ccccn1)N1CCCCCC1c1ccncc1. The molecule has 1 N–H and O–H groups in total. The molecule has 4 rings (SSSR count). The third-order valence-electron chi connectivity index (χ3n) is 5.49. The maximum Gasteiger partial charge on any atom is 0.318 e. The summed E-state index contributed by atoms with van der Waals surface area (Å²) in [6.07, 6.45) is 9.63. The van der Waals surface area contributed by atoms with Crippen molar-refractivity contribution >= 4 is 6.03 Å². The molecule has 2 atom stereocenters. The number of nitrogens with zero attached hydrogens (tertiary/aromatic N) is 3. The molecular weight excluding hydrogens is 360 g/mol. The van der Waals surface area contributed by atoms with Crippen molar-refractivity contribution in [2.24, 2.45) is 0 Å². The molecule has 0 spiro atoms. The van der Waals surface area contributed by atoms with Crippen molar-refractivity contribution in [2.45, 2.75) is 37.8 Å². The van der Waals surface area contributed by atoms with Crippen molar-refractivity contribution in [3.05, 3.63) is 96.1 Å². The van der Waals surface area contributed by atoms with Crippen molar-refractivity contribution < 1.29 is 4.79 Å². The van der Waals surface area contributed by atoms with Gasteiger partial charge in [-0.1, -0.05) is 49.2 Å². The predicted octanol–water partition coefficient (Wildman–Crippen LogP) is 4.89. The average Bonchev–Trinajstić information content (AvgIpc) is 3.05. The quantitative estimate of drug-likeness (QED) is 0.694. The third-order valence-corrected chi connectivity index (χ3v) is 5.49. The van der Waals surface area contributed by atoms with Crippen LogP contribution in [0.15, 0.2) is 79.3 Å². The Labute approximate surface area is 171 Å². The molecule has 5 heteroatoms. The van der Waals surface area contributed by atoms with Gasteiger partial charge in [-0.05, 0) is 48.2 Å². The lowest BCUT2D eigenvalue weighted by molar-refractivity contribution is 0.173. The largest absolute Gasteiger partial charge is 0.325 e.